The normalized spacial score (nSPS) is 19.8. The van der Waals surface area contributed by atoms with Crippen molar-refractivity contribution in [3.63, 3.8) is 0 Å². The number of carboxylic acids is 1. The van der Waals surface area contributed by atoms with Gasteiger partial charge in [0.15, 0.2) is 10.8 Å². The summed E-state index contributed by atoms with van der Waals surface area (Å²) in [5.74, 6) is -2.05. The van der Waals surface area contributed by atoms with Gasteiger partial charge in [-0.05, 0) is 6.07 Å². The molecule has 0 bridgehead atoms. The van der Waals surface area contributed by atoms with E-state index in [1.807, 2.05) is 27.4 Å². The van der Waals surface area contributed by atoms with Gasteiger partial charge in [-0.3, -0.25) is 14.5 Å². The lowest BCUT2D eigenvalue weighted by Crippen LogP contribution is -2.71. The molecule has 0 spiro atoms. The van der Waals surface area contributed by atoms with Crippen LogP contribution in [0.25, 0.3) is 5.65 Å². The molecule has 3 aromatic rings. The van der Waals surface area contributed by atoms with E-state index in [2.05, 4.69) is 15.5 Å². The Bertz CT molecular complexity index is 1470. The molecule has 15 heteroatoms. The zero-order valence-corrected chi connectivity index (χ0v) is 21.0. The van der Waals surface area contributed by atoms with Crippen molar-refractivity contribution in [3.8, 4) is 0 Å². The quantitative estimate of drug-likeness (QED) is 0.169. The number of pyridine rings is 1. The van der Waals surface area contributed by atoms with Crippen molar-refractivity contribution < 1.29 is 28.9 Å². The molecule has 0 aliphatic carbocycles. The Morgan fingerprint density at radius 3 is 2.94 bits per heavy atom. The monoisotopic (exact) mass is 548 g/mol. The summed E-state index contributed by atoms with van der Waals surface area (Å²) in [5, 5.41) is 18.1. The molecule has 3 aromatic heterocycles. The molecule has 0 unspecified atom stereocenters. The van der Waals surface area contributed by atoms with Crippen molar-refractivity contribution in [2.24, 2.45) is 5.16 Å². The fourth-order valence-corrected chi connectivity index (χ4v) is 6.17. The first-order chi connectivity index (χ1) is 17.3. The maximum atomic E-state index is 13.0. The van der Waals surface area contributed by atoms with E-state index in [0.29, 0.717) is 16.3 Å². The SMILES string of the molecule is CO/N=C(\C(=O)N[C@@H]1C(=O)N2C(C(=O)O)=C(C[n+]3ccn4cc(Cl)ccc43)CS[C@H]12)c1csc(N)n1. The molecule has 12 nitrogen and oxygen atoms in total. The van der Waals surface area contributed by atoms with Crippen LogP contribution >= 0.6 is 34.7 Å². The summed E-state index contributed by atoms with van der Waals surface area (Å²) in [4.78, 5) is 48.1. The lowest BCUT2D eigenvalue weighted by atomic mass is 10.0. The third-order valence-electron chi connectivity index (χ3n) is 5.68. The van der Waals surface area contributed by atoms with E-state index in [-0.39, 0.29) is 28.8 Å². The number of nitrogens with one attached hydrogen (secondary N) is 1. The van der Waals surface area contributed by atoms with Crippen LogP contribution in [0.3, 0.4) is 0 Å². The number of nitrogens with two attached hydrogens (primary N) is 1. The number of hydrogen-bond acceptors (Lipinski definition) is 9. The number of aliphatic carboxylic acids is 1. The van der Waals surface area contributed by atoms with E-state index in [1.54, 1.807) is 17.6 Å². The molecule has 5 rings (SSSR count). The number of hydrogen-bond donors (Lipinski definition) is 3. The molecule has 1 saturated heterocycles. The summed E-state index contributed by atoms with van der Waals surface area (Å²) in [6.45, 7) is 0.274. The Kier molecular flexibility index (Phi) is 6.32. The lowest BCUT2D eigenvalue weighted by Gasteiger charge is -2.49. The summed E-state index contributed by atoms with van der Waals surface area (Å²) in [6.07, 6.45) is 5.38. The number of anilines is 1. The number of β-lactam (4-membered cyclic amide) rings is 1. The van der Waals surface area contributed by atoms with Gasteiger partial charge in [-0.2, -0.15) is 0 Å². The Morgan fingerprint density at radius 2 is 2.25 bits per heavy atom. The number of carbonyl (C=O) groups is 3. The Balaban J connectivity index is 1.37. The van der Waals surface area contributed by atoms with Gasteiger partial charge in [-0.25, -0.2) is 18.7 Å². The zero-order valence-electron chi connectivity index (χ0n) is 18.6. The maximum Gasteiger partial charge on any atom is 0.352 e. The minimum atomic E-state index is -1.21. The van der Waals surface area contributed by atoms with Crippen LogP contribution in [-0.2, 0) is 25.8 Å². The average Bonchev–Trinajstić information content (AvgIpc) is 3.45. The van der Waals surface area contributed by atoms with E-state index < -0.39 is 29.2 Å². The maximum absolute atomic E-state index is 13.0. The number of rotatable bonds is 7. The number of carboxylic acid groups (broad SMARTS) is 1. The molecular formula is C21H19ClN7O5S2+. The van der Waals surface area contributed by atoms with Crippen LogP contribution in [0.5, 0.6) is 0 Å². The first-order valence-electron chi connectivity index (χ1n) is 10.5. The van der Waals surface area contributed by atoms with Crippen molar-refractivity contribution in [1.29, 1.82) is 0 Å². The summed E-state index contributed by atoms with van der Waals surface area (Å²) < 4.78 is 3.71. The highest BCUT2D eigenvalue weighted by Gasteiger charge is 2.54. The molecule has 0 radical (unpaired) electrons. The number of thioether (sulfide) groups is 1. The first-order valence-corrected chi connectivity index (χ1v) is 12.8. The topological polar surface area (TPSA) is 156 Å². The number of fused-ring (bicyclic) bond motifs is 2. The number of nitrogen functional groups attached to an aromatic ring is 1. The zero-order chi connectivity index (χ0) is 25.6. The Labute approximate surface area is 217 Å². The fraction of sp³-hybridized carbons (Fsp3) is 0.238. The molecule has 0 aromatic carbocycles. The number of nitrogens with zero attached hydrogens (tertiary/aromatic N) is 5. The predicted octanol–water partition coefficient (Wildman–Crippen LogP) is 0.708. The van der Waals surface area contributed by atoms with Crippen LogP contribution in [0.4, 0.5) is 5.13 Å². The molecule has 5 heterocycles. The number of halogens is 1. The molecule has 2 aliphatic rings. The van der Waals surface area contributed by atoms with Crippen molar-refractivity contribution >= 4 is 69.0 Å². The van der Waals surface area contributed by atoms with Gasteiger partial charge in [0.25, 0.3) is 17.5 Å². The van der Waals surface area contributed by atoms with Crippen LogP contribution < -0.4 is 15.6 Å². The second-order valence-electron chi connectivity index (χ2n) is 7.85. The molecule has 36 heavy (non-hydrogen) atoms. The summed E-state index contributed by atoms with van der Waals surface area (Å²) in [7, 11) is 1.28. The molecule has 1 fully saturated rings. The van der Waals surface area contributed by atoms with E-state index in [9.17, 15) is 19.5 Å². The molecule has 2 aliphatic heterocycles. The second-order valence-corrected chi connectivity index (χ2v) is 10.3. The number of carbonyl (C=O) groups excluding carboxylic acids is 2. The highest BCUT2D eigenvalue weighted by atomic mass is 35.5. The van der Waals surface area contributed by atoms with E-state index in [1.165, 1.54) is 23.8 Å². The largest absolute Gasteiger partial charge is 0.477 e. The Hall–Kier alpha value is -3.62. The van der Waals surface area contributed by atoms with Gasteiger partial charge in [-0.1, -0.05) is 16.8 Å². The molecule has 0 saturated carbocycles. The number of oxime groups is 1. The van der Waals surface area contributed by atoms with Gasteiger partial charge < -0.3 is 21.0 Å². The smallest absolute Gasteiger partial charge is 0.352 e. The minimum absolute atomic E-state index is 0.0758. The van der Waals surface area contributed by atoms with Gasteiger partial charge in [0, 0.05) is 22.8 Å². The molecule has 2 atom stereocenters. The molecule has 4 N–H and O–H groups in total. The van der Waals surface area contributed by atoms with Crippen molar-refractivity contribution in [2.75, 3.05) is 18.6 Å². The van der Waals surface area contributed by atoms with Crippen LogP contribution in [0, 0.1) is 0 Å². The number of thiazole rings is 1. The van der Waals surface area contributed by atoms with Crippen molar-refractivity contribution in [1.82, 2.24) is 19.6 Å². The summed E-state index contributed by atoms with van der Waals surface area (Å²) in [6, 6.07) is 2.65. The summed E-state index contributed by atoms with van der Waals surface area (Å²) >= 11 is 8.55. The molecule has 2 amide bonds. The van der Waals surface area contributed by atoms with Crippen LogP contribution in [0.1, 0.15) is 5.69 Å². The number of amides is 2. The summed E-state index contributed by atoms with van der Waals surface area (Å²) in [5.41, 5.74) is 7.04. The number of imidazole rings is 1. The predicted molar refractivity (Wildman–Crippen MR) is 132 cm³/mol. The van der Waals surface area contributed by atoms with Crippen molar-refractivity contribution in [3.05, 3.63) is 58.1 Å². The van der Waals surface area contributed by atoms with Crippen molar-refractivity contribution in [2.45, 2.75) is 18.0 Å². The van der Waals surface area contributed by atoms with Gasteiger partial charge in [0.05, 0.1) is 5.02 Å². The standard InChI is InChI=1S/C21H18ClN7O5S2/c1-34-26-14(12-9-36-21(23)24-12)17(30)25-15-18(31)29-16(20(32)33)10(8-35-19(15)29)6-27-4-5-28-7-11(22)2-3-13(27)28/h2-5,7,9,15,19H,6,8H2,1H3,(H3-,23,24,25,30,32,33)/p+1/b26-14-/t15-,19-/m1/s1. The Morgan fingerprint density at radius 1 is 1.44 bits per heavy atom. The van der Waals surface area contributed by atoms with E-state index >= 15 is 0 Å². The minimum Gasteiger partial charge on any atom is -0.477 e. The second kappa shape index (κ2) is 9.44. The van der Waals surface area contributed by atoms with Gasteiger partial charge in [0.1, 0.15) is 55.1 Å². The van der Waals surface area contributed by atoms with Crippen LogP contribution in [0.15, 0.2) is 52.5 Å². The van der Waals surface area contributed by atoms with Gasteiger partial charge in [0.2, 0.25) is 0 Å². The van der Waals surface area contributed by atoms with E-state index in [0.717, 1.165) is 17.0 Å². The van der Waals surface area contributed by atoms with Crippen LogP contribution in [-0.4, -0.2) is 67.2 Å². The van der Waals surface area contributed by atoms with Gasteiger partial charge in [-0.15, -0.1) is 23.1 Å². The average molecular weight is 549 g/mol. The third-order valence-corrected chi connectivity index (χ3v) is 7.92. The third kappa shape index (κ3) is 4.16. The van der Waals surface area contributed by atoms with Gasteiger partial charge >= 0.3 is 5.97 Å². The molecular weight excluding hydrogens is 530 g/mol. The highest BCUT2D eigenvalue weighted by Crippen LogP contribution is 2.40. The van der Waals surface area contributed by atoms with Crippen LogP contribution in [0.2, 0.25) is 5.02 Å². The highest BCUT2D eigenvalue weighted by molar-refractivity contribution is 8.00. The van der Waals surface area contributed by atoms with E-state index in [4.69, 9.17) is 22.2 Å². The lowest BCUT2D eigenvalue weighted by molar-refractivity contribution is -0.662. The first kappa shape index (κ1) is 24.1. The fourth-order valence-electron chi connectivity index (χ4n) is 4.12. The number of aromatic nitrogens is 3. The molecule has 186 valence electrons.